The van der Waals surface area contributed by atoms with E-state index in [-0.39, 0.29) is 36.8 Å². The molecule has 1 aliphatic rings. The SMILES string of the molecule is Cl.Cl.NC(=O)[C@@H]1CCCN1c1ncc(-c2cccc(Nc3ccccn3)n2)s1. The van der Waals surface area contributed by atoms with Crippen molar-refractivity contribution in [1.82, 2.24) is 15.0 Å². The predicted molar refractivity (Wildman–Crippen MR) is 117 cm³/mol. The van der Waals surface area contributed by atoms with E-state index in [1.165, 1.54) is 11.3 Å². The van der Waals surface area contributed by atoms with Gasteiger partial charge in [-0.3, -0.25) is 4.79 Å². The molecule has 0 aliphatic carbocycles. The van der Waals surface area contributed by atoms with Gasteiger partial charge in [-0.05, 0) is 37.1 Å². The van der Waals surface area contributed by atoms with Gasteiger partial charge in [-0.25, -0.2) is 15.0 Å². The van der Waals surface area contributed by atoms with Crippen molar-refractivity contribution in [3.05, 3.63) is 48.8 Å². The molecule has 0 saturated carbocycles. The molecule has 0 bridgehead atoms. The van der Waals surface area contributed by atoms with Gasteiger partial charge >= 0.3 is 0 Å². The topological polar surface area (TPSA) is 97.0 Å². The molecule has 0 aromatic carbocycles. The predicted octanol–water partition coefficient (Wildman–Crippen LogP) is 3.64. The molecule has 7 nitrogen and oxygen atoms in total. The number of pyridine rings is 2. The lowest BCUT2D eigenvalue weighted by molar-refractivity contribution is -0.119. The molecule has 4 heterocycles. The lowest BCUT2D eigenvalue weighted by Crippen LogP contribution is -2.40. The summed E-state index contributed by atoms with van der Waals surface area (Å²) in [6.45, 7) is 0.801. The largest absolute Gasteiger partial charge is 0.368 e. The van der Waals surface area contributed by atoms with Gasteiger partial charge in [0.05, 0.1) is 10.6 Å². The Kier molecular flexibility index (Phi) is 7.56. The number of rotatable bonds is 5. The van der Waals surface area contributed by atoms with E-state index >= 15 is 0 Å². The monoisotopic (exact) mass is 438 g/mol. The van der Waals surface area contributed by atoms with Gasteiger partial charge in [0, 0.05) is 18.9 Å². The third-order valence-electron chi connectivity index (χ3n) is 4.24. The van der Waals surface area contributed by atoms with Crippen molar-refractivity contribution in [2.24, 2.45) is 5.73 Å². The van der Waals surface area contributed by atoms with Crippen LogP contribution >= 0.6 is 36.2 Å². The highest BCUT2D eigenvalue weighted by Crippen LogP contribution is 2.34. The summed E-state index contributed by atoms with van der Waals surface area (Å²) in [5, 5.41) is 4.00. The molecule has 3 aromatic rings. The Morgan fingerprint density at radius 1 is 1.14 bits per heavy atom. The number of aromatic nitrogens is 3. The van der Waals surface area contributed by atoms with Crippen molar-refractivity contribution >= 4 is 58.8 Å². The van der Waals surface area contributed by atoms with E-state index in [0.29, 0.717) is 5.82 Å². The molecule has 3 aromatic heterocycles. The molecule has 1 saturated heterocycles. The number of hydrogen-bond acceptors (Lipinski definition) is 7. The Hall–Kier alpha value is -2.42. The van der Waals surface area contributed by atoms with Crippen LogP contribution in [0.3, 0.4) is 0 Å². The van der Waals surface area contributed by atoms with Gasteiger partial charge in [0.2, 0.25) is 5.91 Å². The van der Waals surface area contributed by atoms with Crippen molar-refractivity contribution in [3.63, 3.8) is 0 Å². The summed E-state index contributed by atoms with van der Waals surface area (Å²) < 4.78 is 0. The van der Waals surface area contributed by atoms with Crippen molar-refractivity contribution in [2.75, 3.05) is 16.8 Å². The Morgan fingerprint density at radius 3 is 2.71 bits per heavy atom. The maximum Gasteiger partial charge on any atom is 0.240 e. The van der Waals surface area contributed by atoms with Crippen LogP contribution in [0.25, 0.3) is 10.6 Å². The number of carbonyl (C=O) groups excluding carboxylic acids is 1. The minimum atomic E-state index is -0.293. The first-order valence-corrected chi connectivity index (χ1v) is 9.19. The summed E-state index contributed by atoms with van der Waals surface area (Å²) in [5.74, 6) is 1.16. The van der Waals surface area contributed by atoms with Gasteiger partial charge in [0.1, 0.15) is 17.7 Å². The van der Waals surface area contributed by atoms with Gasteiger partial charge in [-0.1, -0.05) is 23.5 Å². The highest BCUT2D eigenvalue weighted by atomic mass is 35.5. The van der Waals surface area contributed by atoms with Gasteiger partial charge in [-0.2, -0.15) is 0 Å². The molecule has 148 valence electrons. The normalized spacial score (nSPS) is 15.4. The molecule has 4 rings (SSSR count). The highest BCUT2D eigenvalue weighted by molar-refractivity contribution is 7.18. The summed E-state index contributed by atoms with van der Waals surface area (Å²) in [5.41, 5.74) is 6.33. The molecule has 1 amide bonds. The molecule has 0 unspecified atom stereocenters. The molecule has 1 aliphatic heterocycles. The number of anilines is 3. The first-order chi connectivity index (χ1) is 12.7. The highest BCUT2D eigenvalue weighted by Gasteiger charge is 2.31. The van der Waals surface area contributed by atoms with Crippen LogP contribution in [0.15, 0.2) is 48.8 Å². The van der Waals surface area contributed by atoms with E-state index in [9.17, 15) is 4.79 Å². The summed E-state index contributed by atoms with van der Waals surface area (Å²) >= 11 is 1.52. The maximum atomic E-state index is 11.6. The quantitative estimate of drug-likeness (QED) is 0.630. The number of nitrogens with one attached hydrogen (secondary N) is 1. The summed E-state index contributed by atoms with van der Waals surface area (Å²) in [4.78, 5) is 27.9. The average molecular weight is 439 g/mol. The van der Waals surface area contributed by atoms with Crippen molar-refractivity contribution in [1.29, 1.82) is 0 Å². The van der Waals surface area contributed by atoms with E-state index in [1.54, 1.807) is 12.4 Å². The lowest BCUT2D eigenvalue weighted by atomic mass is 10.2. The Labute approximate surface area is 179 Å². The van der Waals surface area contributed by atoms with E-state index in [1.807, 2.05) is 41.3 Å². The fraction of sp³-hybridized carbons (Fsp3) is 0.222. The minimum absolute atomic E-state index is 0. The van der Waals surface area contributed by atoms with Crippen LogP contribution in [-0.4, -0.2) is 33.4 Å². The maximum absolute atomic E-state index is 11.6. The van der Waals surface area contributed by atoms with Crippen molar-refractivity contribution in [3.8, 4) is 10.6 Å². The number of amides is 1. The van der Waals surface area contributed by atoms with Crippen LogP contribution in [0.5, 0.6) is 0 Å². The van der Waals surface area contributed by atoms with E-state index in [0.717, 1.165) is 40.9 Å². The molecule has 3 N–H and O–H groups in total. The molecule has 10 heteroatoms. The second-order valence-corrected chi connectivity index (χ2v) is 7.02. The van der Waals surface area contributed by atoms with Crippen molar-refractivity contribution in [2.45, 2.75) is 18.9 Å². The Balaban J connectivity index is 0.00000140. The smallest absolute Gasteiger partial charge is 0.240 e. The molecule has 1 atom stereocenters. The number of hydrogen-bond donors (Lipinski definition) is 2. The number of nitrogens with two attached hydrogens (primary N) is 1. The number of primary amides is 1. The fourth-order valence-corrected chi connectivity index (χ4v) is 3.98. The second kappa shape index (κ2) is 9.68. The minimum Gasteiger partial charge on any atom is -0.368 e. The first kappa shape index (κ1) is 21.9. The van der Waals surface area contributed by atoms with Crippen LogP contribution in [0, 0.1) is 0 Å². The van der Waals surface area contributed by atoms with Crippen LogP contribution in [0.4, 0.5) is 16.8 Å². The Bertz CT molecular complexity index is 923. The standard InChI is InChI=1S/C18H18N6OS.2ClH/c19-17(25)13-6-4-10-24(13)18-21-11-14(26-18)12-5-3-8-16(22-12)23-15-7-1-2-9-20-15;;/h1-3,5,7-9,11,13H,4,6,10H2,(H2,19,25)(H,20,22,23);2*1H/t13-;;/m0../s1. The van der Waals surface area contributed by atoms with Gasteiger partial charge in [-0.15, -0.1) is 24.8 Å². The lowest BCUT2D eigenvalue weighted by Gasteiger charge is -2.20. The molecular weight excluding hydrogens is 419 g/mol. The summed E-state index contributed by atoms with van der Waals surface area (Å²) in [7, 11) is 0. The number of halogens is 2. The molecule has 28 heavy (non-hydrogen) atoms. The van der Waals surface area contributed by atoms with Gasteiger partial charge in [0.25, 0.3) is 0 Å². The molecule has 0 radical (unpaired) electrons. The van der Waals surface area contributed by atoms with E-state index < -0.39 is 0 Å². The van der Waals surface area contributed by atoms with Crippen LogP contribution in [0.1, 0.15) is 12.8 Å². The van der Waals surface area contributed by atoms with E-state index in [4.69, 9.17) is 5.73 Å². The fourth-order valence-electron chi connectivity index (χ4n) is 3.02. The zero-order valence-electron chi connectivity index (χ0n) is 14.8. The van der Waals surface area contributed by atoms with Gasteiger partial charge in [0.15, 0.2) is 5.13 Å². The summed E-state index contributed by atoms with van der Waals surface area (Å²) in [6, 6.07) is 11.2. The third kappa shape index (κ3) is 4.70. The number of nitrogens with zero attached hydrogens (tertiary/aromatic N) is 4. The van der Waals surface area contributed by atoms with Gasteiger partial charge < -0.3 is 16.0 Å². The second-order valence-electron chi connectivity index (χ2n) is 6.01. The Morgan fingerprint density at radius 2 is 1.96 bits per heavy atom. The van der Waals surface area contributed by atoms with Crippen LogP contribution < -0.4 is 16.0 Å². The van der Waals surface area contributed by atoms with Crippen molar-refractivity contribution < 1.29 is 4.79 Å². The van der Waals surface area contributed by atoms with Crippen LogP contribution in [-0.2, 0) is 4.79 Å². The molecule has 0 spiro atoms. The third-order valence-corrected chi connectivity index (χ3v) is 5.30. The number of thiazole rings is 1. The molecule has 1 fully saturated rings. The zero-order chi connectivity index (χ0) is 17.9. The van der Waals surface area contributed by atoms with Crippen LogP contribution in [0.2, 0.25) is 0 Å². The number of carbonyl (C=O) groups is 1. The molecular formula is C18H20Cl2N6OS. The first-order valence-electron chi connectivity index (χ1n) is 8.38. The summed E-state index contributed by atoms with van der Waals surface area (Å²) in [6.07, 6.45) is 5.26. The van der Waals surface area contributed by atoms with E-state index in [2.05, 4.69) is 20.3 Å². The average Bonchev–Trinajstić information content (AvgIpc) is 3.32. The zero-order valence-corrected chi connectivity index (χ0v) is 17.3.